The molecule has 0 aliphatic heterocycles. The van der Waals surface area contributed by atoms with Gasteiger partial charge in [-0.05, 0) is 37.5 Å². The zero-order valence-corrected chi connectivity index (χ0v) is 15.6. The van der Waals surface area contributed by atoms with Gasteiger partial charge < -0.3 is 14.5 Å². The molecule has 0 saturated carbocycles. The molecule has 1 atom stereocenters. The lowest BCUT2D eigenvalue weighted by atomic mass is 10.1. The van der Waals surface area contributed by atoms with Crippen molar-refractivity contribution in [3.05, 3.63) is 70.7 Å². The maximum Gasteiger partial charge on any atom is 0.420 e. The van der Waals surface area contributed by atoms with E-state index in [1.54, 1.807) is 24.3 Å². The van der Waals surface area contributed by atoms with E-state index in [2.05, 4.69) is 5.32 Å². The molecule has 2 aromatic carbocycles. The van der Waals surface area contributed by atoms with E-state index in [1.807, 2.05) is 37.3 Å². The van der Waals surface area contributed by atoms with Crippen molar-refractivity contribution < 1.29 is 18.7 Å². The number of nitrogens with one attached hydrogen (secondary N) is 1. The van der Waals surface area contributed by atoms with Crippen LogP contribution in [-0.2, 0) is 27.3 Å². The van der Waals surface area contributed by atoms with Gasteiger partial charge in [0.2, 0.25) is 0 Å². The second kappa shape index (κ2) is 9.03. The fraction of sp³-hybridized carbons (Fsp3) is 0.286. The standard InChI is InChI=1S/C21H22N2O5/c1-15(11-12-16-7-3-2-4-8-16)22-19(24)14-27-20(25)13-23-17-9-5-6-10-18(17)28-21(23)26/h2-10,15H,11-14H2,1H3,(H,22,24)/t15-/m1/s1. The Hall–Kier alpha value is -3.35. The minimum atomic E-state index is -0.680. The monoisotopic (exact) mass is 382 g/mol. The van der Waals surface area contributed by atoms with Gasteiger partial charge in [-0.25, -0.2) is 4.79 Å². The Morgan fingerprint density at radius 2 is 1.82 bits per heavy atom. The number of carbonyl (C=O) groups is 2. The van der Waals surface area contributed by atoms with Gasteiger partial charge in [-0.3, -0.25) is 14.2 Å². The lowest BCUT2D eigenvalue weighted by Crippen LogP contribution is -2.36. The molecule has 0 spiro atoms. The van der Waals surface area contributed by atoms with Gasteiger partial charge in [0.15, 0.2) is 12.2 Å². The van der Waals surface area contributed by atoms with Crippen LogP contribution in [0.2, 0.25) is 0 Å². The van der Waals surface area contributed by atoms with E-state index in [1.165, 1.54) is 10.1 Å². The van der Waals surface area contributed by atoms with Crippen molar-refractivity contribution >= 4 is 23.0 Å². The number of hydrogen-bond acceptors (Lipinski definition) is 5. The van der Waals surface area contributed by atoms with E-state index in [-0.39, 0.29) is 25.1 Å². The number of esters is 1. The van der Waals surface area contributed by atoms with E-state index in [0.29, 0.717) is 11.1 Å². The van der Waals surface area contributed by atoms with Gasteiger partial charge in [-0.15, -0.1) is 0 Å². The zero-order chi connectivity index (χ0) is 19.9. The van der Waals surface area contributed by atoms with E-state index in [0.717, 1.165) is 12.8 Å². The molecule has 0 radical (unpaired) electrons. The summed E-state index contributed by atoms with van der Waals surface area (Å²) in [4.78, 5) is 35.8. The summed E-state index contributed by atoms with van der Waals surface area (Å²) in [7, 11) is 0. The van der Waals surface area contributed by atoms with Crippen molar-refractivity contribution in [3.63, 3.8) is 0 Å². The first-order valence-electron chi connectivity index (χ1n) is 9.10. The number of nitrogens with zero attached hydrogens (tertiary/aromatic N) is 1. The molecular formula is C21H22N2O5. The average Bonchev–Trinajstić information content (AvgIpc) is 3.01. The summed E-state index contributed by atoms with van der Waals surface area (Å²) >= 11 is 0. The van der Waals surface area contributed by atoms with Gasteiger partial charge in [-0.2, -0.15) is 0 Å². The van der Waals surface area contributed by atoms with Crippen molar-refractivity contribution in [1.82, 2.24) is 9.88 Å². The van der Waals surface area contributed by atoms with Gasteiger partial charge in [0.25, 0.3) is 5.91 Å². The Labute approximate surface area is 161 Å². The first-order valence-corrected chi connectivity index (χ1v) is 9.10. The Balaban J connectivity index is 1.44. The van der Waals surface area contributed by atoms with Gasteiger partial charge >= 0.3 is 11.7 Å². The minimum absolute atomic E-state index is 0.0492. The Morgan fingerprint density at radius 1 is 1.11 bits per heavy atom. The molecule has 1 heterocycles. The number of amides is 1. The minimum Gasteiger partial charge on any atom is -0.454 e. The highest BCUT2D eigenvalue weighted by Gasteiger charge is 2.15. The Bertz CT molecular complexity index is 1010. The summed E-state index contributed by atoms with van der Waals surface area (Å²) in [6.45, 7) is 1.20. The number of oxazole rings is 1. The van der Waals surface area contributed by atoms with Gasteiger partial charge in [0.05, 0.1) is 5.52 Å². The van der Waals surface area contributed by atoms with Crippen molar-refractivity contribution in [2.45, 2.75) is 32.4 Å². The first-order chi connectivity index (χ1) is 13.5. The van der Waals surface area contributed by atoms with Crippen molar-refractivity contribution in [2.24, 2.45) is 0 Å². The fourth-order valence-electron chi connectivity index (χ4n) is 2.90. The van der Waals surface area contributed by atoms with E-state index >= 15 is 0 Å². The highest BCUT2D eigenvalue weighted by Crippen LogP contribution is 2.11. The molecule has 1 N–H and O–H groups in total. The van der Waals surface area contributed by atoms with Crippen LogP contribution in [0.1, 0.15) is 18.9 Å². The summed E-state index contributed by atoms with van der Waals surface area (Å²) in [5.41, 5.74) is 2.10. The molecular weight excluding hydrogens is 360 g/mol. The summed E-state index contributed by atoms with van der Waals surface area (Å²) in [6, 6.07) is 16.7. The largest absolute Gasteiger partial charge is 0.454 e. The number of hydrogen-bond donors (Lipinski definition) is 1. The number of fused-ring (bicyclic) bond motifs is 1. The molecule has 1 aromatic heterocycles. The molecule has 146 valence electrons. The predicted molar refractivity (Wildman–Crippen MR) is 104 cm³/mol. The van der Waals surface area contributed by atoms with Crippen LogP contribution in [0.25, 0.3) is 11.1 Å². The van der Waals surface area contributed by atoms with Crippen LogP contribution in [0.5, 0.6) is 0 Å². The third kappa shape index (κ3) is 5.09. The molecule has 3 aromatic rings. The number of rotatable bonds is 8. The number of ether oxygens (including phenoxy) is 1. The first kappa shape index (κ1) is 19.4. The summed E-state index contributed by atoms with van der Waals surface area (Å²) < 4.78 is 11.2. The third-order valence-corrected chi connectivity index (χ3v) is 4.34. The van der Waals surface area contributed by atoms with Crippen molar-refractivity contribution in [3.8, 4) is 0 Å². The summed E-state index contributed by atoms with van der Waals surface area (Å²) in [5.74, 6) is -1.70. The van der Waals surface area contributed by atoms with Crippen molar-refractivity contribution in [1.29, 1.82) is 0 Å². The van der Waals surface area contributed by atoms with E-state index in [4.69, 9.17) is 9.15 Å². The predicted octanol–water partition coefficient (Wildman–Crippen LogP) is 2.28. The highest BCUT2D eigenvalue weighted by atomic mass is 16.5. The maximum atomic E-state index is 12.0. The van der Waals surface area contributed by atoms with Crippen LogP contribution >= 0.6 is 0 Å². The van der Waals surface area contributed by atoms with Crippen LogP contribution in [0.15, 0.2) is 63.8 Å². The lowest BCUT2D eigenvalue weighted by Gasteiger charge is -2.14. The third-order valence-electron chi connectivity index (χ3n) is 4.34. The molecule has 1 amide bonds. The van der Waals surface area contributed by atoms with Crippen LogP contribution in [0, 0.1) is 0 Å². The lowest BCUT2D eigenvalue weighted by molar-refractivity contribution is -0.149. The highest BCUT2D eigenvalue weighted by molar-refractivity contribution is 5.81. The second-order valence-electron chi connectivity index (χ2n) is 6.58. The van der Waals surface area contributed by atoms with Crippen LogP contribution in [-0.4, -0.2) is 29.1 Å². The molecule has 28 heavy (non-hydrogen) atoms. The second-order valence-corrected chi connectivity index (χ2v) is 6.58. The number of para-hydroxylation sites is 2. The van der Waals surface area contributed by atoms with Crippen molar-refractivity contribution in [2.75, 3.05) is 6.61 Å². The molecule has 0 aliphatic rings. The molecule has 0 aliphatic carbocycles. The SMILES string of the molecule is C[C@H](CCc1ccccc1)NC(=O)COC(=O)Cn1c(=O)oc2ccccc21. The smallest absolute Gasteiger partial charge is 0.420 e. The normalized spacial score (nSPS) is 11.9. The molecule has 0 fully saturated rings. The van der Waals surface area contributed by atoms with E-state index in [9.17, 15) is 14.4 Å². The van der Waals surface area contributed by atoms with Crippen LogP contribution in [0.3, 0.4) is 0 Å². The number of benzene rings is 2. The Kier molecular flexibility index (Phi) is 6.26. The molecule has 7 heteroatoms. The number of aryl methyl sites for hydroxylation is 1. The topological polar surface area (TPSA) is 90.5 Å². The molecule has 0 saturated heterocycles. The molecule has 3 rings (SSSR count). The Morgan fingerprint density at radius 3 is 2.61 bits per heavy atom. The number of carbonyl (C=O) groups excluding carboxylic acids is 2. The molecule has 0 bridgehead atoms. The number of aromatic nitrogens is 1. The van der Waals surface area contributed by atoms with Crippen LogP contribution in [0.4, 0.5) is 0 Å². The molecule has 0 unspecified atom stereocenters. The average molecular weight is 382 g/mol. The van der Waals surface area contributed by atoms with Crippen LogP contribution < -0.4 is 11.1 Å². The molecule has 7 nitrogen and oxygen atoms in total. The van der Waals surface area contributed by atoms with Gasteiger partial charge in [-0.1, -0.05) is 42.5 Å². The van der Waals surface area contributed by atoms with E-state index < -0.39 is 11.7 Å². The fourth-order valence-corrected chi connectivity index (χ4v) is 2.90. The quantitative estimate of drug-likeness (QED) is 0.604. The van der Waals surface area contributed by atoms with Gasteiger partial charge in [0.1, 0.15) is 6.54 Å². The maximum absolute atomic E-state index is 12.0. The zero-order valence-electron chi connectivity index (χ0n) is 15.6. The van der Waals surface area contributed by atoms with Gasteiger partial charge in [0, 0.05) is 6.04 Å². The summed E-state index contributed by atoms with van der Waals surface area (Å²) in [5, 5.41) is 2.80. The summed E-state index contributed by atoms with van der Waals surface area (Å²) in [6.07, 6.45) is 1.62.